The highest BCUT2D eigenvalue weighted by Crippen LogP contribution is 2.20. The smallest absolute Gasteiger partial charge is 0.324 e. The molecule has 0 aliphatic carbocycles. The minimum absolute atomic E-state index is 0.0166. The molecule has 1 unspecified atom stereocenters. The van der Waals surface area contributed by atoms with Crippen LogP contribution < -0.4 is 5.32 Å². The molecule has 140 valence electrons. The fourth-order valence-corrected chi connectivity index (χ4v) is 3.46. The average Bonchev–Trinajstić information content (AvgIpc) is 3.36. The number of halogens is 1. The fraction of sp³-hybridized carbons (Fsp3) is 0.333. The van der Waals surface area contributed by atoms with Crippen molar-refractivity contribution in [1.82, 2.24) is 24.9 Å². The molecule has 2 saturated heterocycles. The lowest BCUT2D eigenvalue weighted by Crippen LogP contribution is -2.43. The Kier molecular flexibility index (Phi) is 4.35. The maximum absolute atomic E-state index is 13.0. The van der Waals surface area contributed by atoms with E-state index >= 15 is 0 Å². The van der Waals surface area contributed by atoms with Crippen LogP contribution in [0.2, 0.25) is 0 Å². The average molecular weight is 371 g/mol. The lowest BCUT2D eigenvalue weighted by Gasteiger charge is -2.21. The molecule has 0 radical (unpaired) electrons. The topological polar surface area (TPSA) is 87.5 Å². The van der Waals surface area contributed by atoms with Crippen molar-refractivity contribution >= 4 is 17.8 Å². The van der Waals surface area contributed by atoms with Gasteiger partial charge < -0.3 is 10.2 Å². The third kappa shape index (κ3) is 3.40. The van der Waals surface area contributed by atoms with Crippen LogP contribution in [0.25, 0.3) is 11.1 Å². The molecule has 9 heteroatoms. The number of amides is 4. The first-order valence-electron chi connectivity index (χ1n) is 8.67. The Morgan fingerprint density at radius 2 is 2.00 bits per heavy atom. The number of rotatable bonds is 4. The SMILES string of the molecule is O=C(Cn1cc(-c2ccc(F)cc2)cn1)N1CCC(N2C(=O)CNC2=O)C1. The summed E-state index contributed by atoms with van der Waals surface area (Å²) in [7, 11) is 0. The molecule has 27 heavy (non-hydrogen) atoms. The number of hydrogen-bond acceptors (Lipinski definition) is 4. The molecule has 2 fully saturated rings. The van der Waals surface area contributed by atoms with Gasteiger partial charge in [0.2, 0.25) is 11.8 Å². The number of nitrogens with zero attached hydrogens (tertiary/aromatic N) is 4. The number of carbonyl (C=O) groups is 3. The zero-order valence-electron chi connectivity index (χ0n) is 14.5. The van der Waals surface area contributed by atoms with E-state index < -0.39 is 6.03 Å². The van der Waals surface area contributed by atoms with E-state index in [1.807, 2.05) is 0 Å². The highest BCUT2D eigenvalue weighted by atomic mass is 19.1. The van der Waals surface area contributed by atoms with Gasteiger partial charge in [0.05, 0.1) is 18.8 Å². The summed E-state index contributed by atoms with van der Waals surface area (Å²) < 4.78 is 14.6. The molecule has 0 saturated carbocycles. The van der Waals surface area contributed by atoms with Gasteiger partial charge in [-0.2, -0.15) is 5.10 Å². The van der Waals surface area contributed by atoms with E-state index in [-0.39, 0.29) is 36.8 Å². The van der Waals surface area contributed by atoms with Crippen molar-refractivity contribution in [3.8, 4) is 11.1 Å². The molecule has 1 atom stereocenters. The summed E-state index contributed by atoms with van der Waals surface area (Å²) in [4.78, 5) is 38.9. The molecule has 2 aliphatic rings. The van der Waals surface area contributed by atoms with Crippen LogP contribution in [0.15, 0.2) is 36.7 Å². The molecule has 4 rings (SSSR count). The molecule has 4 amide bonds. The number of imide groups is 1. The normalized spacial score (nSPS) is 19.7. The molecule has 1 N–H and O–H groups in total. The van der Waals surface area contributed by atoms with Crippen molar-refractivity contribution in [3.05, 3.63) is 42.5 Å². The quantitative estimate of drug-likeness (QED) is 0.807. The van der Waals surface area contributed by atoms with Crippen molar-refractivity contribution in [2.75, 3.05) is 19.6 Å². The highest BCUT2D eigenvalue weighted by molar-refractivity contribution is 6.02. The first kappa shape index (κ1) is 17.2. The summed E-state index contributed by atoms with van der Waals surface area (Å²) in [5.41, 5.74) is 1.61. The molecule has 0 spiro atoms. The molecule has 1 aromatic carbocycles. The Balaban J connectivity index is 1.38. The second-order valence-electron chi connectivity index (χ2n) is 6.64. The minimum atomic E-state index is -0.393. The zero-order chi connectivity index (χ0) is 19.0. The van der Waals surface area contributed by atoms with Crippen LogP contribution in [0.4, 0.5) is 9.18 Å². The van der Waals surface area contributed by atoms with E-state index in [1.54, 1.807) is 29.4 Å². The summed E-state index contributed by atoms with van der Waals surface area (Å²) in [6.45, 7) is 0.910. The predicted octanol–water partition coefficient (Wildman–Crippen LogP) is 0.842. The molecule has 1 aromatic heterocycles. The number of aromatic nitrogens is 2. The maximum Gasteiger partial charge on any atom is 0.324 e. The van der Waals surface area contributed by atoms with E-state index in [0.717, 1.165) is 11.1 Å². The van der Waals surface area contributed by atoms with E-state index in [1.165, 1.54) is 21.7 Å². The second kappa shape index (κ2) is 6.82. The summed E-state index contributed by atoms with van der Waals surface area (Å²) in [5, 5.41) is 6.69. The third-order valence-corrected chi connectivity index (χ3v) is 4.87. The number of urea groups is 1. The fourth-order valence-electron chi connectivity index (χ4n) is 3.46. The number of carbonyl (C=O) groups excluding carboxylic acids is 3. The minimum Gasteiger partial charge on any atom is -0.339 e. The van der Waals surface area contributed by atoms with Gasteiger partial charge in [-0.15, -0.1) is 0 Å². The molecule has 3 heterocycles. The lowest BCUT2D eigenvalue weighted by atomic mass is 10.1. The monoisotopic (exact) mass is 371 g/mol. The summed E-state index contributed by atoms with van der Waals surface area (Å²) in [6, 6.07) is 5.38. The van der Waals surface area contributed by atoms with Crippen LogP contribution in [0.5, 0.6) is 0 Å². The van der Waals surface area contributed by atoms with Gasteiger partial charge in [0.1, 0.15) is 12.4 Å². The number of benzene rings is 1. The first-order chi connectivity index (χ1) is 13.0. The van der Waals surface area contributed by atoms with Gasteiger partial charge in [0, 0.05) is 24.8 Å². The van der Waals surface area contributed by atoms with Crippen molar-refractivity contribution in [2.45, 2.75) is 19.0 Å². The largest absolute Gasteiger partial charge is 0.339 e. The van der Waals surface area contributed by atoms with Gasteiger partial charge in [0.15, 0.2) is 0 Å². The second-order valence-corrected chi connectivity index (χ2v) is 6.64. The van der Waals surface area contributed by atoms with E-state index in [4.69, 9.17) is 0 Å². The summed E-state index contributed by atoms with van der Waals surface area (Å²) in [6.07, 6.45) is 3.93. The Labute approximate surface area is 154 Å². The van der Waals surface area contributed by atoms with Crippen LogP contribution in [0.1, 0.15) is 6.42 Å². The van der Waals surface area contributed by atoms with Crippen LogP contribution >= 0.6 is 0 Å². The van der Waals surface area contributed by atoms with Gasteiger partial charge in [-0.3, -0.25) is 19.2 Å². The third-order valence-electron chi connectivity index (χ3n) is 4.87. The van der Waals surface area contributed by atoms with Crippen molar-refractivity contribution in [2.24, 2.45) is 0 Å². The standard InChI is InChI=1S/C18H18FN5O3/c19-14-3-1-12(2-4-14)13-7-21-23(9-13)11-17(26)22-6-5-15(10-22)24-16(25)8-20-18(24)27/h1-4,7,9,15H,5-6,8,10-11H2,(H,20,27). The molecule has 0 bridgehead atoms. The Hall–Kier alpha value is -3.23. The van der Waals surface area contributed by atoms with Gasteiger partial charge >= 0.3 is 6.03 Å². The number of hydrogen-bond donors (Lipinski definition) is 1. The summed E-state index contributed by atoms with van der Waals surface area (Å²) >= 11 is 0. The molecule has 2 aromatic rings. The molecule has 2 aliphatic heterocycles. The van der Waals surface area contributed by atoms with Crippen LogP contribution in [-0.4, -0.2) is 63.1 Å². The van der Waals surface area contributed by atoms with Gasteiger partial charge in [-0.1, -0.05) is 12.1 Å². The molecular weight excluding hydrogens is 353 g/mol. The molecular formula is C18H18FN5O3. The first-order valence-corrected chi connectivity index (χ1v) is 8.67. The number of nitrogens with one attached hydrogen (secondary N) is 1. The van der Waals surface area contributed by atoms with Crippen LogP contribution in [0.3, 0.4) is 0 Å². The van der Waals surface area contributed by atoms with Gasteiger partial charge in [0.25, 0.3) is 0 Å². The Bertz CT molecular complexity index is 879. The van der Waals surface area contributed by atoms with Gasteiger partial charge in [-0.05, 0) is 24.1 Å². The maximum atomic E-state index is 13.0. The van der Waals surface area contributed by atoms with E-state index in [2.05, 4.69) is 10.4 Å². The van der Waals surface area contributed by atoms with Crippen molar-refractivity contribution < 1.29 is 18.8 Å². The van der Waals surface area contributed by atoms with Crippen molar-refractivity contribution in [3.63, 3.8) is 0 Å². The lowest BCUT2D eigenvalue weighted by molar-refractivity contribution is -0.132. The zero-order valence-corrected chi connectivity index (χ0v) is 14.5. The number of likely N-dealkylation sites (tertiary alicyclic amines) is 1. The van der Waals surface area contributed by atoms with Crippen molar-refractivity contribution in [1.29, 1.82) is 0 Å². The van der Waals surface area contributed by atoms with E-state index in [0.29, 0.717) is 19.5 Å². The van der Waals surface area contributed by atoms with Crippen LogP contribution in [-0.2, 0) is 16.1 Å². The Morgan fingerprint density at radius 1 is 1.22 bits per heavy atom. The Morgan fingerprint density at radius 3 is 2.70 bits per heavy atom. The predicted molar refractivity (Wildman–Crippen MR) is 92.9 cm³/mol. The van der Waals surface area contributed by atoms with Gasteiger partial charge in [-0.25, -0.2) is 9.18 Å². The van der Waals surface area contributed by atoms with E-state index in [9.17, 15) is 18.8 Å². The molecule has 8 nitrogen and oxygen atoms in total. The van der Waals surface area contributed by atoms with Crippen LogP contribution in [0, 0.1) is 5.82 Å². The summed E-state index contributed by atoms with van der Waals surface area (Å²) in [5.74, 6) is -0.691. The highest BCUT2D eigenvalue weighted by Gasteiger charge is 2.39.